The third kappa shape index (κ3) is 10.5. The Kier molecular flexibility index (Phi) is 14.2. The molecule has 0 amide bonds. The molecule has 0 spiro atoms. The lowest BCUT2D eigenvalue weighted by Gasteiger charge is -2.33. The minimum absolute atomic E-state index is 0.0630. The van der Waals surface area contributed by atoms with Crippen molar-refractivity contribution < 1.29 is 4.74 Å². The number of ether oxygens (including phenoxy) is 1. The zero-order valence-electron chi connectivity index (χ0n) is 50.3. The van der Waals surface area contributed by atoms with Gasteiger partial charge in [-0.1, -0.05) is 221 Å². The number of nitrogens with zero attached hydrogens (tertiary/aromatic N) is 4. The molecular formula is C74H84N4O. The Morgan fingerprint density at radius 1 is 0.468 bits per heavy atom. The van der Waals surface area contributed by atoms with Crippen LogP contribution in [0.3, 0.4) is 0 Å². The van der Waals surface area contributed by atoms with Crippen LogP contribution in [0.25, 0.3) is 38.8 Å². The van der Waals surface area contributed by atoms with Gasteiger partial charge in [-0.25, -0.2) is 4.98 Å². The molecule has 7 aromatic carbocycles. The average Bonchev–Trinajstić information content (AvgIpc) is 4.19. The Labute approximate surface area is 473 Å². The minimum Gasteiger partial charge on any atom is -0.457 e. The second kappa shape index (κ2) is 20.4. The zero-order valence-corrected chi connectivity index (χ0v) is 50.3. The number of benzene rings is 7. The van der Waals surface area contributed by atoms with Gasteiger partial charge in [-0.15, -0.1) is 0 Å². The maximum atomic E-state index is 7.57. The van der Waals surface area contributed by atoms with Crippen molar-refractivity contribution in [3.63, 3.8) is 0 Å². The Morgan fingerprint density at radius 2 is 1.05 bits per heavy atom. The molecule has 2 aromatic heterocycles. The first-order valence-corrected chi connectivity index (χ1v) is 28.8. The quantitative estimate of drug-likeness (QED) is 0.122. The highest BCUT2D eigenvalue weighted by Crippen LogP contribution is 2.48. The Bertz CT molecular complexity index is 3710. The van der Waals surface area contributed by atoms with Crippen LogP contribution in [0.1, 0.15) is 174 Å². The molecule has 0 fully saturated rings. The molecule has 0 saturated heterocycles. The average molecular weight is 1050 g/mol. The van der Waals surface area contributed by atoms with E-state index < -0.39 is 5.41 Å². The normalized spacial score (nSPS) is 13.8. The van der Waals surface area contributed by atoms with Crippen molar-refractivity contribution in [2.45, 2.75) is 151 Å². The number of aromatic nitrogens is 2. The summed E-state index contributed by atoms with van der Waals surface area (Å²) in [6.07, 6.45) is 4.37. The lowest BCUT2D eigenvalue weighted by Crippen LogP contribution is -2.31. The van der Waals surface area contributed by atoms with Gasteiger partial charge in [0.1, 0.15) is 17.3 Å². The van der Waals surface area contributed by atoms with Crippen molar-refractivity contribution in [2.24, 2.45) is 5.41 Å². The van der Waals surface area contributed by atoms with Crippen LogP contribution < -0.4 is 14.5 Å². The smallest absolute Gasteiger partial charge is 0.137 e. The molecule has 3 heterocycles. The largest absolute Gasteiger partial charge is 0.457 e. The summed E-state index contributed by atoms with van der Waals surface area (Å²) in [5.41, 5.74) is 17.4. The van der Waals surface area contributed by atoms with E-state index in [9.17, 15) is 0 Å². The summed E-state index contributed by atoms with van der Waals surface area (Å²) in [6.45, 7) is 40.1. The molecule has 1 aliphatic rings. The van der Waals surface area contributed by atoms with Crippen molar-refractivity contribution in [1.82, 2.24) is 9.55 Å². The van der Waals surface area contributed by atoms with Gasteiger partial charge in [-0.05, 0) is 127 Å². The monoisotopic (exact) mass is 1040 g/mol. The third-order valence-electron chi connectivity index (χ3n) is 16.8. The van der Waals surface area contributed by atoms with Crippen molar-refractivity contribution >= 4 is 33.2 Å². The molecule has 0 radical (unpaired) electrons. The summed E-state index contributed by atoms with van der Waals surface area (Å²) in [4.78, 5) is 10.1. The molecule has 0 atom stereocenters. The van der Waals surface area contributed by atoms with Crippen LogP contribution in [0, 0.1) is 5.41 Å². The third-order valence-corrected chi connectivity index (χ3v) is 16.8. The molecule has 9 aromatic rings. The van der Waals surface area contributed by atoms with Gasteiger partial charge in [0.15, 0.2) is 0 Å². The zero-order chi connectivity index (χ0) is 56.6. The topological polar surface area (TPSA) is 33.5 Å². The van der Waals surface area contributed by atoms with Crippen molar-refractivity contribution in [1.29, 1.82) is 0 Å². The number of fused-ring (bicyclic) bond motifs is 3. The molecule has 1 aliphatic heterocycles. The van der Waals surface area contributed by atoms with Crippen LogP contribution in [-0.2, 0) is 21.7 Å². The predicted molar refractivity (Wildman–Crippen MR) is 337 cm³/mol. The van der Waals surface area contributed by atoms with Crippen LogP contribution in [-0.4, -0.2) is 16.2 Å². The summed E-state index contributed by atoms with van der Waals surface area (Å²) < 4.78 is 9.93. The van der Waals surface area contributed by atoms with Crippen LogP contribution >= 0.6 is 0 Å². The Hall–Kier alpha value is -7.37. The van der Waals surface area contributed by atoms with Gasteiger partial charge in [0.2, 0.25) is 0 Å². The van der Waals surface area contributed by atoms with E-state index in [2.05, 4.69) is 302 Å². The molecule has 0 aliphatic carbocycles. The fourth-order valence-electron chi connectivity index (χ4n) is 11.9. The van der Waals surface area contributed by atoms with Gasteiger partial charge in [0, 0.05) is 68.6 Å². The van der Waals surface area contributed by atoms with E-state index in [1.54, 1.807) is 0 Å². The van der Waals surface area contributed by atoms with Crippen LogP contribution in [0.2, 0.25) is 0 Å². The predicted octanol–water partition coefficient (Wildman–Crippen LogP) is 20.3. The summed E-state index contributed by atoms with van der Waals surface area (Å²) in [5.74, 6) is 3.05. The van der Waals surface area contributed by atoms with Gasteiger partial charge in [-0.2, -0.15) is 0 Å². The number of para-hydroxylation sites is 1. The van der Waals surface area contributed by atoms with E-state index in [1.807, 2.05) is 6.20 Å². The summed E-state index contributed by atoms with van der Waals surface area (Å²) in [5, 5.41) is 2.38. The fourth-order valence-corrected chi connectivity index (χ4v) is 11.9. The number of anilines is 2. The lowest BCUT2D eigenvalue weighted by molar-refractivity contribution is 0.479. The molecule has 0 bridgehead atoms. The number of allylic oxidation sites excluding steroid dienone is 1. The fraction of sp³-hybridized carbons (Fsp3) is 0.338. The SMILES string of the molecule is CC(C)c1cccc(C(C)C)c1-c1cc(Oc2cc(C(C)(C)c3ccccc3)c3c4ccccc4n(-c4cc(C(C)(C)C)ccn4)c3c2)cc(N2CN(c3cc(C(C)(C)C)cc(C(C)(C)c4ccccc4)c3)C=C2C(C)(C)C)c1. The maximum Gasteiger partial charge on any atom is 0.137 e. The number of hydrogen-bond donors (Lipinski definition) is 0. The van der Waals surface area contributed by atoms with Gasteiger partial charge in [-0.3, -0.25) is 4.57 Å². The lowest BCUT2D eigenvalue weighted by atomic mass is 9.75. The van der Waals surface area contributed by atoms with E-state index in [0.29, 0.717) is 18.5 Å². The Morgan fingerprint density at radius 3 is 1.66 bits per heavy atom. The highest BCUT2D eigenvalue weighted by Gasteiger charge is 2.35. The van der Waals surface area contributed by atoms with Gasteiger partial charge < -0.3 is 14.5 Å². The van der Waals surface area contributed by atoms with Crippen LogP contribution in [0.4, 0.5) is 11.4 Å². The second-order valence-electron chi connectivity index (χ2n) is 27.1. The van der Waals surface area contributed by atoms with Crippen molar-refractivity contribution in [2.75, 3.05) is 16.5 Å². The molecule has 5 heteroatoms. The first-order chi connectivity index (χ1) is 37.2. The Balaban J connectivity index is 1.20. The minimum atomic E-state index is -0.407. The van der Waals surface area contributed by atoms with Crippen molar-refractivity contribution in [3.8, 4) is 28.4 Å². The van der Waals surface area contributed by atoms with Gasteiger partial charge in [0.05, 0.1) is 17.7 Å². The first-order valence-electron chi connectivity index (χ1n) is 28.8. The van der Waals surface area contributed by atoms with Crippen LogP contribution in [0.5, 0.6) is 11.5 Å². The van der Waals surface area contributed by atoms with E-state index in [1.165, 1.54) is 72.2 Å². The van der Waals surface area contributed by atoms with Gasteiger partial charge >= 0.3 is 0 Å². The van der Waals surface area contributed by atoms with Gasteiger partial charge in [0.25, 0.3) is 0 Å². The molecule has 406 valence electrons. The van der Waals surface area contributed by atoms with Crippen molar-refractivity contribution in [3.05, 3.63) is 226 Å². The van der Waals surface area contributed by atoms with Crippen LogP contribution in [0.15, 0.2) is 182 Å². The summed E-state index contributed by atoms with van der Waals surface area (Å²) >= 11 is 0. The summed E-state index contributed by atoms with van der Waals surface area (Å²) in [7, 11) is 0. The van der Waals surface area contributed by atoms with E-state index in [-0.39, 0.29) is 21.7 Å². The van der Waals surface area contributed by atoms with E-state index in [0.717, 1.165) is 39.6 Å². The maximum absolute atomic E-state index is 7.57. The highest BCUT2D eigenvalue weighted by atomic mass is 16.5. The molecule has 0 N–H and O–H groups in total. The number of rotatable bonds is 12. The highest BCUT2D eigenvalue weighted by molar-refractivity contribution is 6.12. The first kappa shape index (κ1) is 55.0. The van der Waals surface area contributed by atoms with E-state index in [4.69, 9.17) is 9.72 Å². The standard InChI is InChI=1S/C74H84N4O/c1-48(2)60-32-26-33-61(49(3)4)68(60)50-37-57(77-47-76(46-66(77)72(11,12)13)56-40-54(71(8,9)10)39-55(41-56)73(14,15)51-27-20-18-21-28-51)43-58(38-50)79-59-44-63(74(16,17)52-29-22-19-23-30-52)69-62-31-24-25-34-64(62)78(65(69)45-59)67-42-53(35-36-75-67)70(5,6)7/h18-46,48-49H,47H2,1-17H3. The molecule has 79 heavy (non-hydrogen) atoms. The second-order valence-corrected chi connectivity index (χ2v) is 27.1. The molecule has 5 nitrogen and oxygen atoms in total. The summed E-state index contributed by atoms with van der Waals surface area (Å²) in [6, 6.07) is 60.8. The molecule has 10 rings (SSSR count). The number of hydrogen-bond acceptors (Lipinski definition) is 4. The molecule has 0 unspecified atom stereocenters. The van der Waals surface area contributed by atoms with E-state index >= 15 is 0 Å². The number of pyridine rings is 1. The molecular weight excluding hydrogens is 961 g/mol. The molecule has 0 saturated carbocycles.